The number of hydrogen-bond acceptors (Lipinski definition) is 5. The van der Waals surface area contributed by atoms with E-state index in [0.717, 1.165) is 25.2 Å². The molecule has 0 aromatic heterocycles. The molecule has 6 heteroatoms. The third-order valence-corrected chi connectivity index (χ3v) is 3.74. The molecule has 1 aliphatic rings. The Labute approximate surface area is 125 Å². The monoisotopic (exact) mass is 292 g/mol. The number of nitrogens with zero attached hydrogens (tertiary/aromatic N) is 1. The van der Waals surface area contributed by atoms with Crippen molar-refractivity contribution in [3.63, 3.8) is 0 Å². The van der Waals surface area contributed by atoms with Crippen LogP contribution in [-0.2, 0) is 4.74 Å². The van der Waals surface area contributed by atoms with E-state index in [1.54, 1.807) is 6.07 Å². The quantitative estimate of drug-likeness (QED) is 0.551. The van der Waals surface area contributed by atoms with Crippen LogP contribution >= 0.6 is 0 Å². The van der Waals surface area contributed by atoms with Crippen molar-refractivity contribution >= 4 is 11.6 Å². The molecule has 21 heavy (non-hydrogen) atoms. The molecule has 1 fully saturated rings. The number of rotatable bonds is 5. The summed E-state index contributed by atoms with van der Waals surface area (Å²) in [6, 6.07) is 5.52. The second-order valence-corrected chi connectivity index (χ2v) is 5.29. The molecule has 1 aromatic rings. The van der Waals surface area contributed by atoms with E-state index in [9.17, 15) is 4.79 Å². The molecule has 0 aliphatic carbocycles. The number of hydrazine groups is 1. The highest BCUT2D eigenvalue weighted by Crippen LogP contribution is 2.16. The molecule has 1 unspecified atom stereocenters. The van der Waals surface area contributed by atoms with Crippen LogP contribution in [0.5, 0.6) is 0 Å². The van der Waals surface area contributed by atoms with E-state index < -0.39 is 0 Å². The third-order valence-electron chi connectivity index (χ3n) is 3.74. The average Bonchev–Trinajstić information content (AvgIpc) is 2.52. The molecule has 2 rings (SSSR count). The Kier molecular flexibility index (Phi) is 5.55. The highest BCUT2D eigenvalue weighted by Gasteiger charge is 2.20. The number of amides is 1. The summed E-state index contributed by atoms with van der Waals surface area (Å²) in [4.78, 5) is 14.6. The summed E-state index contributed by atoms with van der Waals surface area (Å²) in [6.07, 6.45) is 0.0439. The number of carbonyl (C=O) groups excluding carboxylic acids is 1. The zero-order valence-electron chi connectivity index (χ0n) is 12.7. The third kappa shape index (κ3) is 4.17. The van der Waals surface area contributed by atoms with Crippen molar-refractivity contribution in [2.45, 2.75) is 20.0 Å². The van der Waals surface area contributed by atoms with Gasteiger partial charge in [-0.05, 0) is 31.2 Å². The van der Waals surface area contributed by atoms with Gasteiger partial charge in [-0.15, -0.1) is 0 Å². The van der Waals surface area contributed by atoms with E-state index in [-0.39, 0.29) is 12.0 Å². The van der Waals surface area contributed by atoms with Crippen LogP contribution in [0.25, 0.3) is 0 Å². The second kappa shape index (κ2) is 7.40. The van der Waals surface area contributed by atoms with Crippen molar-refractivity contribution in [3.8, 4) is 0 Å². The molecule has 6 nitrogen and oxygen atoms in total. The lowest BCUT2D eigenvalue weighted by atomic mass is 10.1. The molecule has 1 amide bonds. The minimum atomic E-state index is -0.139. The van der Waals surface area contributed by atoms with Crippen molar-refractivity contribution in [2.75, 3.05) is 38.2 Å². The summed E-state index contributed by atoms with van der Waals surface area (Å²) in [7, 11) is 0. The molecular formula is C15H24N4O2. The number of aryl methyl sites for hydroxylation is 1. The standard InChI is InChI=1S/C15H24N4O2/c1-3-19-6-7-21-12(10-19)9-17-15(20)13-5-4-11(2)8-14(13)18-16/h4-5,8,12,18H,3,6-7,9-10,16H2,1-2H3,(H,17,20). The van der Waals surface area contributed by atoms with Crippen LogP contribution in [0.15, 0.2) is 18.2 Å². The first-order chi connectivity index (χ1) is 10.1. The summed E-state index contributed by atoms with van der Waals surface area (Å²) in [5.74, 6) is 5.33. The van der Waals surface area contributed by atoms with Crippen molar-refractivity contribution in [1.29, 1.82) is 0 Å². The molecule has 0 radical (unpaired) electrons. The number of likely N-dealkylation sites (N-methyl/N-ethyl adjacent to an activating group) is 1. The van der Waals surface area contributed by atoms with Gasteiger partial charge in [-0.25, -0.2) is 0 Å². The lowest BCUT2D eigenvalue weighted by molar-refractivity contribution is -0.0246. The highest BCUT2D eigenvalue weighted by molar-refractivity contribution is 5.99. The number of nitrogens with two attached hydrogens (primary N) is 1. The maximum atomic E-state index is 12.3. The van der Waals surface area contributed by atoms with Crippen LogP contribution in [0.3, 0.4) is 0 Å². The topological polar surface area (TPSA) is 79.6 Å². The number of benzene rings is 1. The number of nitrogens with one attached hydrogen (secondary N) is 2. The molecule has 116 valence electrons. The molecule has 1 saturated heterocycles. The first-order valence-electron chi connectivity index (χ1n) is 7.33. The maximum Gasteiger partial charge on any atom is 0.253 e. The molecule has 1 atom stereocenters. The highest BCUT2D eigenvalue weighted by atomic mass is 16.5. The summed E-state index contributed by atoms with van der Waals surface area (Å²) < 4.78 is 5.68. The van der Waals surface area contributed by atoms with Gasteiger partial charge in [0.2, 0.25) is 0 Å². The van der Waals surface area contributed by atoms with Gasteiger partial charge in [-0.2, -0.15) is 0 Å². The summed E-state index contributed by atoms with van der Waals surface area (Å²) >= 11 is 0. The smallest absolute Gasteiger partial charge is 0.253 e. The Bertz CT molecular complexity index is 493. The van der Waals surface area contributed by atoms with Gasteiger partial charge in [0.15, 0.2) is 0 Å². The van der Waals surface area contributed by atoms with E-state index >= 15 is 0 Å². The molecule has 0 saturated carbocycles. The van der Waals surface area contributed by atoms with E-state index in [1.165, 1.54) is 0 Å². The van der Waals surface area contributed by atoms with Gasteiger partial charge in [0.1, 0.15) is 0 Å². The molecule has 0 bridgehead atoms. The SMILES string of the molecule is CCN1CCOC(CNC(=O)c2ccc(C)cc2NN)C1. The average molecular weight is 292 g/mol. The van der Waals surface area contributed by atoms with Crippen LogP contribution < -0.4 is 16.6 Å². The van der Waals surface area contributed by atoms with E-state index in [1.807, 2.05) is 19.1 Å². The zero-order valence-corrected chi connectivity index (χ0v) is 12.7. The number of morpholine rings is 1. The fourth-order valence-corrected chi connectivity index (χ4v) is 2.47. The Morgan fingerprint density at radius 2 is 2.33 bits per heavy atom. The van der Waals surface area contributed by atoms with Crippen LogP contribution in [0.2, 0.25) is 0 Å². The Morgan fingerprint density at radius 1 is 1.52 bits per heavy atom. The number of nitrogen functional groups attached to an aromatic ring is 1. The minimum absolute atomic E-state index is 0.0439. The Balaban J connectivity index is 1.92. The molecule has 1 heterocycles. The number of ether oxygens (including phenoxy) is 1. The fraction of sp³-hybridized carbons (Fsp3) is 0.533. The largest absolute Gasteiger partial charge is 0.374 e. The van der Waals surface area contributed by atoms with Crippen molar-refractivity contribution in [2.24, 2.45) is 5.84 Å². The van der Waals surface area contributed by atoms with Gasteiger partial charge in [0, 0.05) is 19.6 Å². The van der Waals surface area contributed by atoms with Crippen LogP contribution in [-0.4, -0.2) is 49.7 Å². The van der Waals surface area contributed by atoms with Gasteiger partial charge in [-0.1, -0.05) is 13.0 Å². The summed E-state index contributed by atoms with van der Waals surface area (Å²) in [5, 5.41) is 2.92. The number of carbonyl (C=O) groups is 1. The van der Waals surface area contributed by atoms with Crippen molar-refractivity contribution < 1.29 is 9.53 Å². The second-order valence-electron chi connectivity index (χ2n) is 5.29. The number of anilines is 1. The lowest BCUT2D eigenvalue weighted by Gasteiger charge is -2.32. The zero-order chi connectivity index (χ0) is 15.2. The predicted octanol–water partition coefficient (Wildman–Crippen LogP) is 0.731. The predicted molar refractivity (Wildman–Crippen MR) is 83.2 cm³/mol. The first kappa shape index (κ1) is 15.8. The van der Waals surface area contributed by atoms with Crippen LogP contribution in [0, 0.1) is 6.92 Å². The fourth-order valence-electron chi connectivity index (χ4n) is 2.47. The number of hydrogen-bond donors (Lipinski definition) is 3. The lowest BCUT2D eigenvalue weighted by Crippen LogP contribution is -2.47. The van der Waals surface area contributed by atoms with Gasteiger partial charge in [0.05, 0.1) is 24.0 Å². The van der Waals surface area contributed by atoms with Crippen molar-refractivity contribution in [3.05, 3.63) is 29.3 Å². The van der Waals surface area contributed by atoms with E-state index in [2.05, 4.69) is 22.6 Å². The molecular weight excluding hydrogens is 268 g/mol. The maximum absolute atomic E-state index is 12.3. The Morgan fingerprint density at radius 3 is 3.05 bits per heavy atom. The van der Waals surface area contributed by atoms with Crippen LogP contribution in [0.1, 0.15) is 22.8 Å². The normalized spacial score (nSPS) is 19.3. The van der Waals surface area contributed by atoms with Gasteiger partial charge in [0.25, 0.3) is 5.91 Å². The van der Waals surface area contributed by atoms with Crippen LogP contribution in [0.4, 0.5) is 5.69 Å². The Hall–Kier alpha value is -1.63. The van der Waals surface area contributed by atoms with E-state index in [4.69, 9.17) is 10.6 Å². The molecule has 1 aliphatic heterocycles. The molecule has 4 N–H and O–H groups in total. The molecule has 1 aromatic carbocycles. The van der Waals surface area contributed by atoms with Gasteiger partial charge >= 0.3 is 0 Å². The van der Waals surface area contributed by atoms with Gasteiger partial charge < -0.3 is 15.5 Å². The van der Waals surface area contributed by atoms with Crippen molar-refractivity contribution in [1.82, 2.24) is 10.2 Å². The first-order valence-corrected chi connectivity index (χ1v) is 7.33. The summed E-state index contributed by atoms with van der Waals surface area (Å²) in [6.45, 7) is 8.13. The summed E-state index contributed by atoms with van der Waals surface area (Å²) in [5.41, 5.74) is 4.80. The minimum Gasteiger partial charge on any atom is -0.374 e. The molecule has 0 spiro atoms. The van der Waals surface area contributed by atoms with E-state index in [0.29, 0.717) is 24.4 Å². The van der Waals surface area contributed by atoms with Gasteiger partial charge in [-0.3, -0.25) is 15.5 Å².